The molecule has 2 rings (SSSR count). The summed E-state index contributed by atoms with van der Waals surface area (Å²) in [5, 5.41) is 12.6. The van der Waals surface area contributed by atoms with E-state index in [9.17, 15) is 5.11 Å². The van der Waals surface area contributed by atoms with Crippen molar-refractivity contribution in [3.8, 4) is 0 Å². The number of likely N-dealkylation sites (tertiary alicyclic amines) is 1. The third-order valence-electron chi connectivity index (χ3n) is 2.68. The number of aliphatic hydroxyl groups excluding tert-OH is 1. The molecule has 2 atom stereocenters. The van der Waals surface area contributed by atoms with Crippen molar-refractivity contribution in [2.75, 3.05) is 19.6 Å². The molecular formula is C8H16N2O. The van der Waals surface area contributed by atoms with E-state index < -0.39 is 0 Å². The SMILES string of the molecule is OC1CNC1N1CCCCC1. The largest absolute Gasteiger partial charge is 0.389 e. The number of β-amino-alcohol motifs (C(OH)–C–C–N with tert-alkyl or cyclic N) is 1. The summed E-state index contributed by atoms with van der Waals surface area (Å²) in [6.45, 7) is 3.10. The second-order valence-electron chi connectivity index (χ2n) is 3.52. The standard InChI is InChI=1S/C8H16N2O/c11-7-6-9-8(7)10-4-2-1-3-5-10/h7-9,11H,1-6H2. The lowest BCUT2D eigenvalue weighted by Gasteiger charge is -2.44. The average Bonchev–Trinajstić information content (AvgIpc) is 2.04. The van der Waals surface area contributed by atoms with Gasteiger partial charge in [0.25, 0.3) is 0 Å². The minimum absolute atomic E-state index is 0.118. The van der Waals surface area contributed by atoms with Crippen molar-refractivity contribution in [2.24, 2.45) is 0 Å². The lowest BCUT2D eigenvalue weighted by atomic mass is 10.1. The van der Waals surface area contributed by atoms with Gasteiger partial charge in [-0.05, 0) is 25.9 Å². The van der Waals surface area contributed by atoms with Gasteiger partial charge in [-0.1, -0.05) is 6.42 Å². The predicted octanol–water partition coefficient (Wildman–Crippen LogP) is -0.238. The van der Waals surface area contributed by atoms with Gasteiger partial charge in [-0.15, -0.1) is 0 Å². The Bertz CT molecular complexity index is 134. The quantitative estimate of drug-likeness (QED) is 0.550. The number of piperidine rings is 1. The maximum absolute atomic E-state index is 9.36. The van der Waals surface area contributed by atoms with Crippen molar-refractivity contribution in [3.05, 3.63) is 0 Å². The Morgan fingerprint density at radius 1 is 1.18 bits per heavy atom. The highest BCUT2D eigenvalue weighted by molar-refractivity contribution is 4.88. The molecule has 2 saturated heterocycles. The lowest BCUT2D eigenvalue weighted by molar-refractivity contribution is -0.0369. The maximum atomic E-state index is 9.36. The first-order valence-corrected chi connectivity index (χ1v) is 4.53. The normalized spacial score (nSPS) is 40.1. The minimum Gasteiger partial charge on any atom is -0.389 e. The van der Waals surface area contributed by atoms with Crippen LogP contribution in [0.1, 0.15) is 19.3 Å². The number of hydrogen-bond acceptors (Lipinski definition) is 3. The van der Waals surface area contributed by atoms with E-state index in [-0.39, 0.29) is 12.3 Å². The van der Waals surface area contributed by atoms with Crippen LogP contribution in [0.15, 0.2) is 0 Å². The van der Waals surface area contributed by atoms with Gasteiger partial charge in [-0.25, -0.2) is 0 Å². The van der Waals surface area contributed by atoms with Gasteiger partial charge in [0.1, 0.15) is 0 Å². The molecule has 2 unspecified atom stereocenters. The summed E-state index contributed by atoms with van der Waals surface area (Å²) in [7, 11) is 0. The topological polar surface area (TPSA) is 35.5 Å². The fourth-order valence-corrected chi connectivity index (χ4v) is 1.90. The molecule has 2 heterocycles. The van der Waals surface area contributed by atoms with Gasteiger partial charge >= 0.3 is 0 Å². The molecule has 0 aromatic carbocycles. The minimum atomic E-state index is -0.118. The van der Waals surface area contributed by atoms with E-state index in [0.717, 1.165) is 19.6 Å². The second kappa shape index (κ2) is 3.09. The van der Waals surface area contributed by atoms with Gasteiger partial charge in [0.2, 0.25) is 0 Å². The van der Waals surface area contributed by atoms with Crippen molar-refractivity contribution in [2.45, 2.75) is 31.5 Å². The zero-order valence-corrected chi connectivity index (χ0v) is 6.79. The Hall–Kier alpha value is -0.120. The summed E-state index contributed by atoms with van der Waals surface area (Å²) >= 11 is 0. The van der Waals surface area contributed by atoms with E-state index in [1.807, 2.05) is 0 Å². The zero-order chi connectivity index (χ0) is 7.68. The highest BCUT2D eigenvalue weighted by atomic mass is 16.3. The zero-order valence-electron chi connectivity index (χ0n) is 6.79. The van der Waals surface area contributed by atoms with E-state index in [1.165, 1.54) is 19.3 Å². The van der Waals surface area contributed by atoms with Crippen molar-refractivity contribution in [1.29, 1.82) is 0 Å². The van der Waals surface area contributed by atoms with Crippen LogP contribution >= 0.6 is 0 Å². The van der Waals surface area contributed by atoms with Crippen LogP contribution in [0.2, 0.25) is 0 Å². The van der Waals surface area contributed by atoms with E-state index >= 15 is 0 Å². The predicted molar refractivity (Wildman–Crippen MR) is 43.2 cm³/mol. The number of nitrogens with zero attached hydrogens (tertiary/aromatic N) is 1. The lowest BCUT2D eigenvalue weighted by Crippen LogP contribution is -2.66. The van der Waals surface area contributed by atoms with Crippen LogP contribution in [0.3, 0.4) is 0 Å². The number of rotatable bonds is 1. The van der Waals surface area contributed by atoms with Crippen LogP contribution in [-0.4, -0.2) is 41.9 Å². The molecule has 0 bridgehead atoms. The van der Waals surface area contributed by atoms with E-state index in [1.54, 1.807) is 0 Å². The molecule has 0 amide bonds. The monoisotopic (exact) mass is 156 g/mol. The molecule has 2 fully saturated rings. The molecule has 3 nitrogen and oxygen atoms in total. The molecule has 0 saturated carbocycles. The number of nitrogens with one attached hydrogen (secondary N) is 1. The van der Waals surface area contributed by atoms with E-state index in [4.69, 9.17) is 0 Å². The molecule has 11 heavy (non-hydrogen) atoms. The Morgan fingerprint density at radius 3 is 2.36 bits per heavy atom. The fraction of sp³-hybridized carbons (Fsp3) is 1.00. The van der Waals surface area contributed by atoms with Crippen LogP contribution in [-0.2, 0) is 0 Å². The first-order valence-electron chi connectivity index (χ1n) is 4.53. The molecular weight excluding hydrogens is 140 g/mol. The summed E-state index contributed by atoms with van der Waals surface area (Å²) < 4.78 is 0. The third-order valence-corrected chi connectivity index (χ3v) is 2.68. The third kappa shape index (κ3) is 1.41. The van der Waals surface area contributed by atoms with Gasteiger partial charge in [0.05, 0.1) is 12.3 Å². The molecule has 64 valence electrons. The van der Waals surface area contributed by atoms with Crippen molar-refractivity contribution in [3.63, 3.8) is 0 Å². The second-order valence-corrected chi connectivity index (χ2v) is 3.52. The van der Waals surface area contributed by atoms with E-state index in [2.05, 4.69) is 10.2 Å². The van der Waals surface area contributed by atoms with Gasteiger partial charge in [0.15, 0.2) is 0 Å². The first kappa shape index (κ1) is 7.53. The first-order chi connectivity index (χ1) is 5.38. The fourth-order valence-electron chi connectivity index (χ4n) is 1.90. The van der Waals surface area contributed by atoms with Crippen LogP contribution in [0.5, 0.6) is 0 Å². The molecule has 2 aliphatic heterocycles. The Balaban J connectivity index is 1.83. The van der Waals surface area contributed by atoms with Crippen LogP contribution < -0.4 is 5.32 Å². The van der Waals surface area contributed by atoms with Crippen LogP contribution in [0.4, 0.5) is 0 Å². The van der Waals surface area contributed by atoms with Crippen LogP contribution in [0, 0.1) is 0 Å². The van der Waals surface area contributed by atoms with Crippen molar-refractivity contribution >= 4 is 0 Å². The smallest absolute Gasteiger partial charge is 0.0951 e. The molecule has 2 N–H and O–H groups in total. The van der Waals surface area contributed by atoms with Crippen molar-refractivity contribution < 1.29 is 5.11 Å². The summed E-state index contributed by atoms with van der Waals surface area (Å²) in [6, 6.07) is 0. The Labute approximate surface area is 67.4 Å². The molecule has 2 aliphatic rings. The van der Waals surface area contributed by atoms with E-state index in [0.29, 0.717) is 0 Å². The van der Waals surface area contributed by atoms with Gasteiger partial charge < -0.3 is 5.11 Å². The number of hydrogen-bond donors (Lipinski definition) is 2. The molecule has 0 aliphatic carbocycles. The highest BCUT2D eigenvalue weighted by Gasteiger charge is 2.33. The summed E-state index contributed by atoms with van der Waals surface area (Å²) in [6.07, 6.45) is 4.11. The number of aliphatic hydroxyl groups is 1. The summed E-state index contributed by atoms with van der Waals surface area (Å²) in [5.74, 6) is 0. The summed E-state index contributed by atoms with van der Waals surface area (Å²) in [4.78, 5) is 2.36. The van der Waals surface area contributed by atoms with Gasteiger partial charge in [-0.2, -0.15) is 0 Å². The average molecular weight is 156 g/mol. The molecule has 0 aromatic heterocycles. The highest BCUT2D eigenvalue weighted by Crippen LogP contribution is 2.16. The molecule has 0 radical (unpaired) electrons. The molecule has 0 spiro atoms. The van der Waals surface area contributed by atoms with Gasteiger partial charge in [-0.3, -0.25) is 10.2 Å². The van der Waals surface area contributed by atoms with Crippen LogP contribution in [0.25, 0.3) is 0 Å². The summed E-state index contributed by atoms with van der Waals surface area (Å²) in [5.41, 5.74) is 0. The van der Waals surface area contributed by atoms with Gasteiger partial charge in [0, 0.05) is 6.54 Å². The maximum Gasteiger partial charge on any atom is 0.0951 e. The Morgan fingerprint density at radius 2 is 1.91 bits per heavy atom. The molecule has 3 heteroatoms. The molecule has 0 aromatic rings. The van der Waals surface area contributed by atoms with Crippen molar-refractivity contribution in [1.82, 2.24) is 10.2 Å². The Kier molecular flexibility index (Phi) is 2.11.